The lowest BCUT2D eigenvalue weighted by molar-refractivity contribution is -0.125. The maximum atomic E-state index is 12.3. The number of aryl methyl sites for hydroxylation is 1. The van der Waals surface area contributed by atoms with Crippen molar-refractivity contribution in [2.24, 2.45) is 7.05 Å². The number of hydrogen-bond acceptors (Lipinski definition) is 3. The summed E-state index contributed by atoms with van der Waals surface area (Å²) in [5.41, 5.74) is 1.91. The highest BCUT2D eigenvalue weighted by Crippen LogP contribution is 2.31. The Morgan fingerprint density at radius 2 is 2.00 bits per heavy atom. The van der Waals surface area contributed by atoms with Gasteiger partial charge in [-0.2, -0.15) is 0 Å². The molecule has 6 nitrogen and oxygen atoms in total. The van der Waals surface area contributed by atoms with Gasteiger partial charge in [0.2, 0.25) is 11.8 Å². The molecule has 138 valence electrons. The van der Waals surface area contributed by atoms with Gasteiger partial charge in [0.25, 0.3) is 0 Å². The molecule has 2 heterocycles. The standard InChI is InChI=1S/C19H23BrN4O2/c1-23-10-4-8-16(23)17-9-5-11-24(17)13-19(26)21-12-18(25)22-15-7-3-2-6-14(15)20/h2-4,6-8,10,17H,5,9,11-13H2,1H3,(H,21,26)(H,22,25)/t17-/m1/s1. The van der Waals surface area contributed by atoms with Gasteiger partial charge in [0.1, 0.15) is 0 Å². The summed E-state index contributed by atoms with van der Waals surface area (Å²) in [4.78, 5) is 26.5. The van der Waals surface area contributed by atoms with E-state index >= 15 is 0 Å². The number of carbonyl (C=O) groups excluding carboxylic acids is 2. The third-order valence-corrected chi connectivity index (χ3v) is 5.32. The Morgan fingerprint density at radius 3 is 2.73 bits per heavy atom. The number of nitrogens with zero attached hydrogens (tertiary/aromatic N) is 2. The van der Waals surface area contributed by atoms with E-state index in [0.717, 1.165) is 23.9 Å². The predicted molar refractivity (Wildman–Crippen MR) is 105 cm³/mol. The average Bonchev–Trinajstić information content (AvgIpc) is 3.23. The number of aromatic nitrogens is 1. The lowest BCUT2D eigenvalue weighted by Gasteiger charge is -2.24. The molecule has 1 fully saturated rings. The molecule has 2 N–H and O–H groups in total. The van der Waals surface area contributed by atoms with Crippen LogP contribution in [0.1, 0.15) is 24.6 Å². The number of halogens is 1. The van der Waals surface area contributed by atoms with Crippen molar-refractivity contribution in [2.75, 3.05) is 25.0 Å². The van der Waals surface area contributed by atoms with E-state index in [0.29, 0.717) is 12.2 Å². The summed E-state index contributed by atoms with van der Waals surface area (Å²) in [6, 6.07) is 11.8. The monoisotopic (exact) mass is 418 g/mol. The smallest absolute Gasteiger partial charge is 0.243 e. The molecule has 1 aromatic carbocycles. The number of para-hydroxylation sites is 1. The van der Waals surface area contributed by atoms with Gasteiger partial charge in [-0.15, -0.1) is 0 Å². The molecule has 0 aliphatic carbocycles. The third-order valence-electron chi connectivity index (χ3n) is 4.63. The van der Waals surface area contributed by atoms with E-state index in [1.165, 1.54) is 5.69 Å². The van der Waals surface area contributed by atoms with Crippen LogP contribution in [0, 0.1) is 0 Å². The minimum atomic E-state index is -0.245. The molecule has 0 radical (unpaired) electrons. The topological polar surface area (TPSA) is 66.4 Å². The molecule has 1 atom stereocenters. The molecule has 1 aromatic heterocycles. The predicted octanol–water partition coefficient (Wildman–Crippen LogP) is 2.68. The zero-order chi connectivity index (χ0) is 18.5. The Hall–Kier alpha value is -2.12. The molecule has 1 saturated heterocycles. The van der Waals surface area contributed by atoms with Gasteiger partial charge in [-0.25, -0.2) is 0 Å². The van der Waals surface area contributed by atoms with Gasteiger partial charge in [-0.1, -0.05) is 12.1 Å². The minimum Gasteiger partial charge on any atom is -0.353 e. The molecule has 7 heteroatoms. The molecule has 2 amide bonds. The lowest BCUT2D eigenvalue weighted by atomic mass is 10.1. The Balaban J connectivity index is 1.49. The van der Waals surface area contributed by atoms with Crippen molar-refractivity contribution in [3.63, 3.8) is 0 Å². The summed E-state index contributed by atoms with van der Waals surface area (Å²) >= 11 is 3.38. The molecule has 0 saturated carbocycles. The van der Waals surface area contributed by atoms with E-state index in [2.05, 4.69) is 42.1 Å². The van der Waals surface area contributed by atoms with Crippen LogP contribution >= 0.6 is 15.9 Å². The van der Waals surface area contributed by atoms with Crippen molar-refractivity contribution < 1.29 is 9.59 Å². The van der Waals surface area contributed by atoms with Crippen LogP contribution in [-0.4, -0.2) is 40.9 Å². The summed E-state index contributed by atoms with van der Waals surface area (Å²) in [6.45, 7) is 1.16. The number of hydrogen-bond donors (Lipinski definition) is 2. The zero-order valence-electron chi connectivity index (χ0n) is 14.7. The van der Waals surface area contributed by atoms with Crippen LogP contribution in [0.2, 0.25) is 0 Å². The SMILES string of the molecule is Cn1cccc1[C@H]1CCCN1CC(=O)NCC(=O)Nc1ccccc1Br. The molecule has 26 heavy (non-hydrogen) atoms. The van der Waals surface area contributed by atoms with Gasteiger partial charge < -0.3 is 15.2 Å². The lowest BCUT2D eigenvalue weighted by Crippen LogP contribution is -2.40. The second-order valence-corrected chi connectivity index (χ2v) is 7.33. The van der Waals surface area contributed by atoms with Crippen LogP contribution in [0.25, 0.3) is 0 Å². The van der Waals surface area contributed by atoms with Crippen molar-refractivity contribution in [2.45, 2.75) is 18.9 Å². The molecule has 0 unspecified atom stereocenters. The zero-order valence-corrected chi connectivity index (χ0v) is 16.3. The van der Waals surface area contributed by atoms with Gasteiger partial charge in [0.15, 0.2) is 0 Å². The number of carbonyl (C=O) groups is 2. The highest BCUT2D eigenvalue weighted by Gasteiger charge is 2.28. The van der Waals surface area contributed by atoms with Crippen molar-refractivity contribution >= 4 is 33.4 Å². The summed E-state index contributed by atoms with van der Waals surface area (Å²) in [5, 5.41) is 5.50. The number of amides is 2. The average molecular weight is 419 g/mol. The van der Waals surface area contributed by atoms with Crippen LogP contribution in [0.5, 0.6) is 0 Å². The molecule has 0 bridgehead atoms. The Morgan fingerprint density at radius 1 is 1.19 bits per heavy atom. The van der Waals surface area contributed by atoms with Crippen molar-refractivity contribution in [1.29, 1.82) is 0 Å². The van der Waals surface area contributed by atoms with Crippen molar-refractivity contribution in [1.82, 2.24) is 14.8 Å². The van der Waals surface area contributed by atoms with E-state index in [1.54, 1.807) is 6.07 Å². The number of nitrogens with one attached hydrogen (secondary N) is 2. The number of anilines is 1. The fraction of sp³-hybridized carbons (Fsp3) is 0.368. The normalized spacial score (nSPS) is 17.2. The van der Waals surface area contributed by atoms with Gasteiger partial charge >= 0.3 is 0 Å². The first-order valence-electron chi connectivity index (χ1n) is 8.71. The van der Waals surface area contributed by atoms with Gasteiger partial charge in [0, 0.05) is 23.4 Å². The first-order chi connectivity index (χ1) is 12.5. The van der Waals surface area contributed by atoms with E-state index in [4.69, 9.17) is 0 Å². The number of benzene rings is 1. The summed E-state index contributed by atoms with van der Waals surface area (Å²) in [6.07, 6.45) is 4.15. The maximum Gasteiger partial charge on any atom is 0.243 e. The molecule has 3 rings (SSSR count). The molecular weight excluding hydrogens is 396 g/mol. The second-order valence-electron chi connectivity index (χ2n) is 6.48. The van der Waals surface area contributed by atoms with E-state index in [9.17, 15) is 9.59 Å². The van der Waals surface area contributed by atoms with Crippen molar-refractivity contribution in [3.8, 4) is 0 Å². The molecule has 0 spiro atoms. The number of likely N-dealkylation sites (tertiary alicyclic amines) is 1. The van der Waals surface area contributed by atoms with Crippen LogP contribution < -0.4 is 10.6 Å². The molecule has 1 aliphatic heterocycles. The first kappa shape index (κ1) is 18.7. The summed E-state index contributed by atoms with van der Waals surface area (Å²) in [5.74, 6) is -0.376. The third kappa shape index (κ3) is 4.53. The van der Waals surface area contributed by atoms with Crippen LogP contribution in [0.4, 0.5) is 5.69 Å². The van der Waals surface area contributed by atoms with Crippen LogP contribution in [0.3, 0.4) is 0 Å². The fourth-order valence-corrected chi connectivity index (χ4v) is 3.73. The van der Waals surface area contributed by atoms with E-state index in [1.807, 2.05) is 37.5 Å². The van der Waals surface area contributed by atoms with Gasteiger partial charge in [0.05, 0.1) is 24.8 Å². The Kier molecular flexibility index (Phi) is 6.11. The fourth-order valence-electron chi connectivity index (χ4n) is 3.35. The van der Waals surface area contributed by atoms with E-state index < -0.39 is 0 Å². The second kappa shape index (κ2) is 8.51. The Labute approximate surface area is 161 Å². The van der Waals surface area contributed by atoms with Crippen LogP contribution in [-0.2, 0) is 16.6 Å². The van der Waals surface area contributed by atoms with Crippen LogP contribution in [0.15, 0.2) is 47.1 Å². The van der Waals surface area contributed by atoms with E-state index in [-0.39, 0.29) is 24.4 Å². The highest BCUT2D eigenvalue weighted by molar-refractivity contribution is 9.10. The summed E-state index contributed by atoms with van der Waals surface area (Å²) in [7, 11) is 2.03. The minimum absolute atomic E-state index is 0.0389. The maximum absolute atomic E-state index is 12.3. The molecular formula is C19H23BrN4O2. The number of rotatable bonds is 6. The highest BCUT2D eigenvalue weighted by atomic mass is 79.9. The largest absolute Gasteiger partial charge is 0.353 e. The van der Waals surface area contributed by atoms with Gasteiger partial charge in [-0.3, -0.25) is 14.5 Å². The van der Waals surface area contributed by atoms with Crippen molar-refractivity contribution in [3.05, 3.63) is 52.8 Å². The quantitative estimate of drug-likeness (QED) is 0.757. The summed E-state index contributed by atoms with van der Waals surface area (Å²) < 4.78 is 2.91. The molecule has 1 aliphatic rings. The Bertz CT molecular complexity index is 789. The molecule has 2 aromatic rings. The first-order valence-corrected chi connectivity index (χ1v) is 9.50. The van der Waals surface area contributed by atoms with Gasteiger partial charge in [-0.05, 0) is 59.6 Å².